The van der Waals surface area contributed by atoms with E-state index in [2.05, 4.69) is 36.3 Å². The number of hydrogen-bond acceptors (Lipinski definition) is 4. The highest BCUT2D eigenvalue weighted by Gasteiger charge is 2.33. The third kappa shape index (κ3) is 3.90. The lowest BCUT2D eigenvalue weighted by Gasteiger charge is -2.33. The number of fused-ring (bicyclic) bond motifs is 1. The predicted octanol–water partition coefficient (Wildman–Crippen LogP) is 3.35. The quantitative estimate of drug-likeness (QED) is 0.802. The van der Waals surface area contributed by atoms with E-state index in [1.807, 2.05) is 0 Å². The average Bonchev–Trinajstić information content (AvgIpc) is 3.23. The van der Waals surface area contributed by atoms with Gasteiger partial charge in [-0.15, -0.1) is 0 Å². The normalized spacial score (nSPS) is 21.1. The second-order valence-electron chi connectivity index (χ2n) is 9.08. The number of aromatic amines is 1. The summed E-state index contributed by atoms with van der Waals surface area (Å²) in [5, 5.41) is 10.2. The minimum absolute atomic E-state index is 0.186. The van der Waals surface area contributed by atoms with Crippen LogP contribution in [0.1, 0.15) is 55.4 Å². The number of benzene rings is 1. The lowest BCUT2D eigenvalue weighted by atomic mass is 9.71. The van der Waals surface area contributed by atoms with E-state index < -0.39 is 10.0 Å². The Morgan fingerprint density at radius 2 is 1.97 bits per heavy atom. The summed E-state index contributed by atoms with van der Waals surface area (Å²) in [5.74, 6) is 0.463. The van der Waals surface area contributed by atoms with Crippen LogP contribution in [-0.4, -0.2) is 36.8 Å². The van der Waals surface area contributed by atoms with Crippen LogP contribution in [0.4, 0.5) is 11.4 Å². The first-order valence-corrected chi connectivity index (χ1v) is 11.7. The van der Waals surface area contributed by atoms with Gasteiger partial charge in [-0.2, -0.15) is 5.10 Å². The van der Waals surface area contributed by atoms with Crippen LogP contribution < -0.4 is 9.62 Å². The molecule has 1 aliphatic carbocycles. The molecule has 2 heterocycles. The number of carbonyl (C=O) groups excluding carboxylic acids is 1. The summed E-state index contributed by atoms with van der Waals surface area (Å²) in [5.41, 5.74) is 3.98. The topological polar surface area (TPSA) is 95.2 Å². The molecule has 2 aliphatic rings. The monoisotopic (exact) mass is 416 g/mol. The van der Waals surface area contributed by atoms with E-state index in [0.717, 1.165) is 30.5 Å². The van der Waals surface area contributed by atoms with Gasteiger partial charge < -0.3 is 5.32 Å². The molecule has 1 aromatic carbocycles. The molecule has 29 heavy (non-hydrogen) atoms. The molecule has 1 amide bonds. The summed E-state index contributed by atoms with van der Waals surface area (Å²) in [6.07, 6.45) is 3.50. The Morgan fingerprint density at radius 3 is 2.59 bits per heavy atom. The molecule has 1 atom stereocenters. The Bertz CT molecular complexity index is 1020. The van der Waals surface area contributed by atoms with Crippen molar-refractivity contribution < 1.29 is 13.2 Å². The molecule has 1 fully saturated rings. The maximum Gasteiger partial charge on any atom is 0.276 e. The van der Waals surface area contributed by atoms with Crippen LogP contribution >= 0.6 is 0 Å². The van der Waals surface area contributed by atoms with Crippen molar-refractivity contribution in [3.05, 3.63) is 41.2 Å². The van der Waals surface area contributed by atoms with Crippen LogP contribution in [-0.2, 0) is 22.9 Å². The lowest BCUT2D eigenvalue weighted by molar-refractivity contribution is 0.102. The van der Waals surface area contributed by atoms with Crippen LogP contribution in [0.15, 0.2) is 24.3 Å². The van der Waals surface area contributed by atoms with Crippen LogP contribution in [0.5, 0.6) is 0 Å². The summed E-state index contributed by atoms with van der Waals surface area (Å²) in [6, 6.07) is 6.93. The molecule has 0 bridgehead atoms. The predicted molar refractivity (Wildman–Crippen MR) is 114 cm³/mol. The van der Waals surface area contributed by atoms with Gasteiger partial charge in [0.2, 0.25) is 10.0 Å². The van der Waals surface area contributed by atoms with Gasteiger partial charge in [0.15, 0.2) is 5.69 Å². The fourth-order valence-corrected chi connectivity index (χ4v) is 5.82. The summed E-state index contributed by atoms with van der Waals surface area (Å²) in [6.45, 7) is 7.22. The van der Waals surface area contributed by atoms with Crippen LogP contribution in [0.3, 0.4) is 0 Å². The first-order valence-electron chi connectivity index (χ1n) is 10.1. The van der Waals surface area contributed by atoms with Gasteiger partial charge in [-0.05, 0) is 61.3 Å². The summed E-state index contributed by atoms with van der Waals surface area (Å²) >= 11 is 0. The van der Waals surface area contributed by atoms with E-state index >= 15 is 0 Å². The summed E-state index contributed by atoms with van der Waals surface area (Å²) in [4.78, 5) is 12.8. The number of sulfonamides is 1. The van der Waals surface area contributed by atoms with Gasteiger partial charge in [0.1, 0.15) is 0 Å². The Labute approximate surface area is 171 Å². The highest BCUT2D eigenvalue weighted by atomic mass is 32.2. The number of nitrogens with zero attached hydrogens (tertiary/aromatic N) is 2. The summed E-state index contributed by atoms with van der Waals surface area (Å²) < 4.78 is 25.5. The van der Waals surface area contributed by atoms with Gasteiger partial charge in [-0.1, -0.05) is 20.8 Å². The molecule has 8 heteroatoms. The molecule has 0 saturated carbocycles. The molecule has 2 aromatic rings. The number of hydrogen-bond donors (Lipinski definition) is 2. The standard InChI is InChI=1S/C21H28N4O3S/c1-21(2,3)14-5-10-18-17(13-14)19(24-23-18)20(26)22-15-6-8-16(9-7-15)25-11-4-12-29(25,27)28/h6-9,14H,4-5,10-13H2,1-3H3,(H,22,26)(H,23,24). The molecule has 7 nitrogen and oxygen atoms in total. The number of amides is 1. The van der Waals surface area contributed by atoms with Crippen molar-refractivity contribution in [1.29, 1.82) is 0 Å². The highest BCUT2D eigenvalue weighted by molar-refractivity contribution is 7.93. The smallest absolute Gasteiger partial charge is 0.276 e. The fraction of sp³-hybridized carbons (Fsp3) is 0.524. The third-order valence-electron chi connectivity index (χ3n) is 6.10. The van der Waals surface area contributed by atoms with E-state index in [1.165, 1.54) is 4.31 Å². The molecule has 2 N–H and O–H groups in total. The molecular weight excluding hydrogens is 388 g/mol. The Morgan fingerprint density at radius 1 is 1.24 bits per heavy atom. The largest absolute Gasteiger partial charge is 0.321 e. The van der Waals surface area contributed by atoms with E-state index in [-0.39, 0.29) is 17.1 Å². The van der Waals surface area contributed by atoms with E-state index in [0.29, 0.717) is 36.0 Å². The van der Waals surface area contributed by atoms with E-state index in [9.17, 15) is 13.2 Å². The maximum atomic E-state index is 12.8. The van der Waals surface area contributed by atoms with Crippen LogP contribution in [0.2, 0.25) is 0 Å². The first-order chi connectivity index (χ1) is 13.6. The lowest BCUT2D eigenvalue weighted by Crippen LogP contribution is -2.28. The van der Waals surface area contributed by atoms with Gasteiger partial charge in [0.05, 0.1) is 11.4 Å². The van der Waals surface area contributed by atoms with Gasteiger partial charge in [-0.25, -0.2) is 8.42 Å². The molecule has 1 saturated heterocycles. The van der Waals surface area contributed by atoms with Crippen molar-refractivity contribution in [2.75, 3.05) is 21.9 Å². The molecular formula is C21H28N4O3S. The molecule has 156 valence electrons. The van der Waals surface area contributed by atoms with Gasteiger partial charge in [-0.3, -0.25) is 14.2 Å². The van der Waals surface area contributed by atoms with Crippen LogP contribution in [0.25, 0.3) is 0 Å². The zero-order valence-corrected chi connectivity index (χ0v) is 18.0. The number of aromatic nitrogens is 2. The molecule has 4 rings (SSSR count). The van der Waals surface area contributed by atoms with Gasteiger partial charge in [0.25, 0.3) is 5.91 Å². The van der Waals surface area contributed by atoms with Crippen molar-refractivity contribution in [3.8, 4) is 0 Å². The number of anilines is 2. The highest BCUT2D eigenvalue weighted by Crippen LogP contribution is 2.37. The Kier molecular flexibility index (Phi) is 4.93. The minimum atomic E-state index is -3.21. The molecule has 0 spiro atoms. The van der Waals surface area contributed by atoms with Gasteiger partial charge in [0, 0.05) is 23.5 Å². The second kappa shape index (κ2) is 7.16. The zero-order valence-electron chi connectivity index (χ0n) is 17.2. The second-order valence-corrected chi connectivity index (χ2v) is 11.1. The average molecular weight is 417 g/mol. The molecule has 1 unspecified atom stereocenters. The SMILES string of the molecule is CC(C)(C)C1CCc2[nH]nc(C(=O)Nc3ccc(N4CCCS4(=O)=O)cc3)c2C1. The number of aryl methyl sites for hydroxylation is 1. The minimum Gasteiger partial charge on any atom is -0.321 e. The maximum absolute atomic E-state index is 12.8. The number of rotatable bonds is 3. The van der Waals surface area contributed by atoms with Crippen LogP contribution in [0, 0.1) is 11.3 Å². The van der Waals surface area contributed by atoms with Crippen molar-refractivity contribution in [2.24, 2.45) is 11.3 Å². The van der Waals surface area contributed by atoms with Crippen molar-refractivity contribution >= 4 is 27.3 Å². The molecule has 1 aromatic heterocycles. The zero-order chi connectivity index (χ0) is 20.8. The van der Waals surface area contributed by atoms with E-state index in [4.69, 9.17) is 0 Å². The van der Waals surface area contributed by atoms with Crippen molar-refractivity contribution in [3.63, 3.8) is 0 Å². The number of nitrogens with one attached hydrogen (secondary N) is 2. The fourth-order valence-electron chi connectivity index (χ4n) is 4.25. The molecule has 1 aliphatic heterocycles. The number of H-pyrrole nitrogens is 1. The number of carbonyl (C=O) groups is 1. The van der Waals surface area contributed by atoms with Crippen molar-refractivity contribution in [2.45, 2.75) is 46.5 Å². The first kappa shape index (κ1) is 19.9. The Balaban J connectivity index is 1.49. The van der Waals surface area contributed by atoms with Gasteiger partial charge >= 0.3 is 0 Å². The Hall–Kier alpha value is -2.35. The molecule has 0 radical (unpaired) electrons. The summed E-state index contributed by atoms with van der Waals surface area (Å²) in [7, 11) is -3.21. The van der Waals surface area contributed by atoms with Crippen molar-refractivity contribution in [1.82, 2.24) is 10.2 Å². The third-order valence-corrected chi connectivity index (χ3v) is 7.97. The van der Waals surface area contributed by atoms with E-state index in [1.54, 1.807) is 24.3 Å².